The molecule has 0 spiro atoms. The van der Waals surface area contributed by atoms with Crippen molar-refractivity contribution in [3.63, 3.8) is 0 Å². The van der Waals surface area contributed by atoms with E-state index in [1.807, 2.05) is 60.7 Å². The van der Waals surface area contributed by atoms with Gasteiger partial charge in [-0.15, -0.1) is 0 Å². The fourth-order valence-corrected chi connectivity index (χ4v) is 4.51. The molecule has 6 heteroatoms. The summed E-state index contributed by atoms with van der Waals surface area (Å²) in [5.41, 5.74) is 2.57. The first-order valence-electron chi connectivity index (χ1n) is 10.7. The highest BCUT2D eigenvalue weighted by Crippen LogP contribution is 2.46. The minimum Gasteiger partial charge on any atom is -0.489 e. The predicted molar refractivity (Wildman–Crippen MR) is 125 cm³/mol. The fraction of sp³-hybridized carbons (Fsp3) is 0.111. The summed E-state index contributed by atoms with van der Waals surface area (Å²) in [7, 11) is 0. The summed E-state index contributed by atoms with van der Waals surface area (Å²) < 4.78 is 17.8. The summed E-state index contributed by atoms with van der Waals surface area (Å²) >= 11 is 0. The molecule has 1 N–H and O–H groups in total. The van der Waals surface area contributed by atoms with Crippen LogP contribution in [0.15, 0.2) is 93.6 Å². The second kappa shape index (κ2) is 7.67. The molecule has 0 saturated heterocycles. The number of rotatable bonds is 3. The minimum absolute atomic E-state index is 0.242. The lowest BCUT2D eigenvalue weighted by Crippen LogP contribution is -2.37. The number of amides is 1. The normalized spacial score (nSPS) is 18.5. The third kappa shape index (κ3) is 3.27. The Morgan fingerprint density at radius 2 is 1.67 bits per heavy atom. The Balaban J connectivity index is 1.49. The van der Waals surface area contributed by atoms with Crippen LogP contribution < -0.4 is 20.4 Å². The Morgan fingerprint density at radius 1 is 0.909 bits per heavy atom. The van der Waals surface area contributed by atoms with Gasteiger partial charge in [0.25, 0.3) is 5.91 Å². The van der Waals surface area contributed by atoms with Gasteiger partial charge in [0.2, 0.25) is 0 Å². The summed E-state index contributed by atoms with van der Waals surface area (Å²) in [6.07, 6.45) is 1.02. The smallest absolute Gasteiger partial charge is 0.344 e. The summed E-state index contributed by atoms with van der Waals surface area (Å²) in [4.78, 5) is 26.5. The quantitative estimate of drug-likeness (QED) is 0.468. The van der Waals surface area contributed by atoms with E-state index in [0.717, 1.165) is 16.9 Å². The van der Waals surface area contributed by atoms with Gasteiger partial charge < -0.3 is 19.2 Å². The van der Waals surface area contributed by atoms with Gasteiger partial charge in [-0.1, -0.05) is 48.5 Å². The van der Waals surface area contributed by atoms with E-state index in [9.17, 15) is 9.59 Å². The van der Waals surface area contributed by atoms with E-state index in [1.54, 1.807) is 24.3 Å². The molecule has 6 rings (SSSR count). The molecule has 6 nitrogen and oxygen atoms in total. The highest BCUT2D eigenvalue weighted by Gasteiger charge is 2.45. The van der Waals surface area contributed by atoms with Gasteiger partial charge in [-0.2, -0.15) is 0 Å². The second-order valence-corrected chi connectivity index (χ2v) is 8.05. The first-order chi connectivity index (χ1) is 16.2. The number of anilines is 1. The molecule has 0 radical (unpaired) electrons. The number of nitrogens with one attached hydrogen (secondary N) is 1. The molecule has 2 atom stereocenters. The van der Waals surface area contributed by atoms with E-state index in [2.05, 4.69) is 5.32 Å². The minimum atomic E-state index is -0.950. The highest BCUT2D eigenvalue weighted by molar-refractivity contribution is 5.98. The fourth-order valence-electron chi connectivity index (χ4n) is 4.51. The van der Waals surface area contributed by atoms with E-state index < -0.39 is 17.6 Å². The van der Waals surface area contributed by atoms with Gasteiger partial charge in [0, 0.05) is 11.3 Å². The Kier molecular flexibility index (Phi) is 4.50. The number of benzene rings is 3. The van der Waals surface area contributed by atoms with Crippen molar-refractivity contribution < 1.29 is 18.7 Å². The molecule has 4 aromatic rings. The third-order valence-electron chi connectivity index (χ3n) is 6.01. The van der Waals surface area contributed by atoms with Crippen molar-refractivity contribution in [2.24, 2.45) is 0 Å². The lowest BCUT2D eigenvalue weighted by Gasteiger charge is -2.24. The van der Waals surface area contributed by atoms with E-state index in [0.29, 0.717) is 28.0 Å². The molecule has 0 saturated carbocycles. The van der Waals surface area contributed by atoms with Gasteiger partial charge >= 0.3 is 5.63 Å². The second-order valence-electron chi connectivity index (χ2n) is 8.05. The summed E-state index contributed by atoms with van der Waals surface area (Å²) in [5.74, 6) is 0.166. The molecular weight excluding hydrogens is 418 g/mol. The zero-order valence-corrected chi connectivity index (χ0v) is 17.5. The first kappa shape index (κ1) is 19.4. The van der Waals surface area contributed by atoms with Crippen molar-refractivity contribution >= 4 is 28.6 Å². The summed E-state index contributed by atoms with van der Waals surface area (Å²) in [5, 5.41) is 3.57. The number of fused-ring (bicyclic) bond motifs is 4. The maximum absolute atomic E-state index is 13.4. The van der Waals surface area contributed by atoms with Crippen LogP contribution in [-0.2, 0) is 4.79 Å². The SMILES string of the molecule is O=C(Nc1ccccc1)[C@@H]1Oc2c(c(=O)oc3ccccc23)[C@H]1C1=Cc2ccccc2OC1. The number of carbonyl (C=O) groups excluding carboxylic acids is 1. The predicted octanol–water partition coefficient (Wildman–Crippen LogP) is 4.75. The van der Waals surface area contributed by atoms with Crippen LogP contribution in [0.3, 0.4) is 0 Å². The number of carbonyl (C=O) groups is 1. The standard InChI is InChI=1S/C27H19NO5/c29-26(28-18-9-2-1-3-10-18)25-22(17-14-16-8-4-6-12-20(16)31-15-17)23-24(33-25)19-11-5-7-13-21(19)32-27(23)30/h1-14,22,25H,15H2,(H,28,29)/t22-,25-/m1/s1. The van der Waals surface area contributed by atoms with Gasteiger partial charge in [0.15, 0.2) is 6.10 Å². The van der Waals surface area contributed by atoms with Crippen LogP contribution in [0.5, 0.6) is 11.5 Å². The molecule has 0 unspecified atom stereocenters. The Hall–Kier alpha value is -4.32. The van der Waals surface area contributed by atoms with Gasteiger partial charge in [-0.3, -0.25) is 4.79 Å². The summed E-state index contributed by atoms with van der Waals surface area (Å²) in [6.45, 7) is 0.242. The zero-order valence-electron chi connectivity index (χ0n) is 17.5. The van der Waals surface area contributed by atoms with Crippen LogP contribution in [0.4, 0.5) is 5.69 Å². The lowest BCUT2D eigenvalue weighted by molar-refractivity contribution is -0.122. The van der Waals surface area contributed by atoms with Crippen LogP contribution in [0.25, 0.3) is 17.0 Å². The molecule has 3 aromatic carbocycles. The maximum Gasteiger partial charge on any atom is 0.344 e. The van der Waals surface area contributed by atoms with E-state index in [1.165, 1.54) is 0 Å². The Bertz CT molecular complexity index is 1470. The van der Waals surface area contributed by atoms with Crippen molar-refractivity contribution in [3.8, 4) is 11.5 Å². The van der Waals surface area contributed by atoms with Crippen molar-refractivity contribution in [3.05, 3.63) is 106 Å². The van der Waals surface area contributed by atoms with Crippen molar-refractivity contribution in [2.45, 2.75) is 12.0 Å². The third-order valence-corrected chi connectivity index (χ3v) is 6.01. The largest absolute Gasteiger partial charge is 0.489 e. The highest BCUT2D eigenvalue weighted by atomic mass is 16.5. The van der Waals surface area contributed by atoms with E-state index in [-0.39, 0.29) is 12.5 Å². The van der Waals surface area contributed by atoms with Crippen LogP contribution in [0.1, 0.15) is 17.0 Å². The number of ether oxygens (including phenoxy) is 2. The molecule has 0 bridgehead atoms. The average Bonchev–Trinajstić information content (AvgIpc) is 3.26. The van der Waals surface area contributed by atoms with Gasteiger partial charge in [0.05, 0.1) is 16.9 Å². The van der Waals surface area contributed by atoms with Gasteiger partial charge in [-0.05, 0) is 42.0 Å². The summed E-state index contributed by atoms with van der Waals surface area (Å²) in [6, 6.07) is 24.0. The Labute approximate surface area is 189 Å². The molecule has 0 fully saturated rings. The van der Waals surface area contributed by atoms with E-state index in [4.69, 9.17) is 13.9 Å². The van der Waals surface area contributed by atoms with Crippen LogP contribution in [-0.4, -0.2) is 18.6 Å². The molecule has 0 aliphatic carbocycles. The molecule has 33 heavy (non-hydrogen) atoms. The molecular formula is C27H19NO5. The van der Waals surface area contributed by atoms with E-state index >= 15 is 0 Å². The van der Waals surface area contributed by atoms with Crippen LogP contribution in [0, 0.1) is 0 Å². The van der Waals surface area contributed by atoms with Crippen LogP contribution >= 0.6 is 0 Å². The van der Waals surface area contributed by atoms with Crippen LogP contribution in [0.2, 0.25) is 0 Å². The number of hydrogen-bond acceptors (Lipinski definition) is 5. The zero-order chi connectivity index (χ0) is 22.4. The Morgan fingerprint density at radius 3 is 2.55 bits per heavy atom. The maximum atomic E-state index is 13.4. The van der Waals surface area contributed by atoms with Crippen molar-refractivity contribution in [1.29, 1.82) is 0 Å². The average molecular weight is 437 g/mol. The first-order valence-corrected chi connectivity index (χ1v) is 10.7. The molecule has 1 aromatic heterocycles. The van der Waals surface area contributed by atoms with Crippen molar-refractivity contribution in [1.82, 2.24) is 0 Å². The van der Waals surface area contributed by atoms with Gasteiger partial charge in [0.1, 0.15) is 23.7 Å². The molecule has 2 aliphatic heterocycles. The molecule has 1 amide bonds. The molecule has 3 heterocycles. The van der Waals surface area contributed by atoms with Crippen molar-refractivity contribution in [2.75, 3.05) is 11.9 Å². The molecule has 2 aliphatic rings. The monoisotopic (exact) mass is 437 g/mol. The van der Waals surface area contributed by atoms with Gasteiger partial charge in [-0.25, -0.2) is 4.79 Å². The molecule has 162 valence electrons. The number of hydrogen-bond donors (Lipinski definition) is 1. The lowest BCUT2D eigenvalue weighted by atomic mass is 9.86. The topological polar surface area (TPSA) is 77.8 Å². The number of para-hydroxylation sites is 3.